The number of hydrogen-bond donors (Lipinski definition) is 0. The topological polar surface area (TPSA) is 102 Å². The minimum Gasteiger partial charge on any atom is -0.497 e. The lowest BCUT2D eigenvalue weighted by Crippen LogP contribution is -2.11. The summed E-state index contributed by atoms with van der Waals surface area (Å²) in [4.78, 5) is 12.7. The Morgan fingerprint density at radius 1 is 0.867 bits per heavy atom. The molecule has 3 rings (SSSR count). The summed E-state index contributed by atoms with van der Waals surface area (Å²) in [7, 11) is 5.96. The first-order chi connectivity index (χ1) is 14.5. The largest absolute Gasteiger partial charge is 0.497 e. The van der Waals surface area contributed by atoms with Crippen LogP contribution in [0.1, 0.15) is 29.3 Å². The van der Waals surface area contributed by atoms with E-state index >= 15 is 0 Å². The van der Waals surface area contributed by atoms with Crippen LogP contribution < -0.4 is 18.9 Å². The minimum absolute atomic E-state index is 0.161. The first-order valence-corrected chi connectivity index (χ1v) is 9.00. The van der Waals surface area contributed by atoms with Gasteiger partial charge in [0.25, 0.3) is 5.89 Å². The van der Waals surface area contributed by atoms with Gasteiger partial charge in [-0.25, -0.2) is 4.79 Å². The van der Waals surface area contributed by atoms with Crippen molar-refractivity contribution in [2.24, 2.45) is 0 Å². The summed E-state index contributed by atoms with van der Waals surface area (Å²) in [5.74, 6) is 1.47. The van der Waals surface area contributed by atoms with Gasteiger partial charge in [0.1, 0.15) is 11.3 Å². The molecule has 0 unspecified atom stereocenters. The van der Waals surface area contributed by atoms with E-state index in [4.69, 9.17) is 28.1 Å². The van der Waals surface area contributed by atoms with Crippen LogP contribution in [-0.2, 0) is 4.74 Å². The molecule has 1 heterocycles. The lowest BCUT2D eigenvalue weighted by molar-refractivity contribution is 0.0275. The maximum atomic E-state index is 12.7. The van der Waals surface area contributed by atoms with Crippen molar-refractivity contribution in [1.82, 2.24) is 10.2 Å². The van der Waals surface area contributed by atoms with Crippen molar-refractivity contribution in [3.05, 3.63) is 47.9 Å². The first-order valence-electron chi connectivity index (χ1n) is 9.00. The van der Waals surface area contributed by atoms with Crippen LogP contribution >= 0.6 is 0 Å². The molecule has 0 bridgehead atoms. The number of hydrogen-bond acceptors (Lipinski definition) is 9. The van der Waals surface area contributed by atoms with Gasteiger partial charge in [-0.3, -0.25) is 0 Å². The molecule has 0 saturated carbocycles. The third-order valence-electron chi connectivity index (χ3n) is 4.33. The van der Waals surface area contributed by atoms with Gasteiger partial charge in [-0.05, 0) is 43.3 Å². The van der Waals surface area contributed by atoms with E-state index in [-0.39, 0.29) is 17.2 Å². The molecule has 0 saturated heterocycles. The Hall–Kier alpha value is -3.75. The molecule has 9 nitrogen and oxygen atoms in total. The van der Waals surface area contributed by atoms with Crippen LogP contribution in [-0.4, -0.2) is 44.6 Å². The van der Waals surface area contributed by atoms with Gasteiger partial charge in [0.15, 0.2) is 17.6 Å². The van der Waals surface area contributed by atoms with Crippen molar-refractivity contribution in [3.8, 4) is 34.5 Å². The van der Waals surface area contributed by atoms with E-state index in [0.29, 0.717) is 23.1 Å². The molecule has 2 aromatic carbocycles. The molecule has 1 aromatic heterocycles. The van der Waals surface area contributed by atoms with Crippen molar-refractivity contribution in [2.45, 2.75) is 13.0 Å². The molecule has 9 heteroatoms. The maximum Gasteiger partial charge on any atom is 0.342 e. The SMILES string of the molecule is COc1ccc(-c2nnc([C@H](C)OC(=O)c3ccc(OC)c(OC)c3OC)o2)cc1. The molecule has 0 aliphatic heterocycles. The lowest BCUT2D eigenvalue weighted by atomic mass is 10.1. The highest BCUT2D eigenvalue weighted by Crippen LogP contribution is 2.40. The van der Waals surface area contributed by atoms with Crippen LogP contribution in [0.15, 0.2) is 40.8 Å². The number of carbonyl (C=O) groups excluding carboxylic acids is 1. The second-order valence-electron chi connectivity index (χ2n) is 6.10. The fourth-order valence-electron chi connectivity index (χ4n) is 2.79. The fraction of sp³-hybridized carbons (Fsp3) is 0.286. The molecule has 0 aliphatic carbocycles. The molecular formula is C21H22N2O7. The highest BCUT2D eigenvalue weighted by molar-refractivity contribution is 5.94. The predicted molar refractivity (Wildman–Crippen MR) is 106 cm³/mol. The van der Waals surface area contributed by atoms with Crippen LogP contribution in [0.2, 0.25) is 0 Å². The van der Waals surface area contributed by atoms with Gasteiger partial charge in [0, 0.05) is 5.56 Å². The van der Waals surface area contributed by atoms with Crippen LogP contribution in [0, 0.1) is 0 Å². The molecule has 0 spiro atoms. The van der Waals surface area contributed by atoms with Crippen LogP contribution in [0.25, 0.3) is 11.5 Å². The van der Waals surface area contributed by atoms with Crippen molar-refractivity contribution >= 4 is 5.97 Å². The monoisotopic (exact) mass is 414 g/mol. The summed E-state index contributed by atoms with van der Waals surface area (Å²) in [6.45, 7) is 1.64. The van der Waals surface area contributed by atoms with Gasteiger partial charge < -0.3 is 28.1 Å². The van der Waals surface area contributed by atoms with Gasteiger partial charge in [-0.2, -0.15) is 0 Å². The summed E-state index contributed by atoms with van der Waals surface area (Å²) >= 11 is 0. The normalized spacial score (nSPS) is 11.5. The number of aromatic nitrogens is 2. The standard InChI is InChI=1S/C21H22N2O7/c1-12(19-22-23-20(30-19)13-6-8-14(25-2)9-7-13)29-21(24)15-10-11-16(26-3)18(28-5)17(15)27-4/h6-12H,1-5H3/t12-/m0/s1. The van der Waals surface area contributed by atoms with Gasteiger partial charge >= 0.3 is 5.97 Å². The fourth-order valence-corrected chi connectivity index (χ4v) is 2.79. The molecule has 0 aliphatic rings. The van der Waals surface area contributed by atoms with Crippen molar-refractivity contribution in [2.75, 3.05) is 28.4 Å². The predicted octanol–water partition coefficient (Wildman–Crippen LogP) is 3.69. The summed E-state index contributed by atoms with van der Waals surface area (Å²) < 4.78 is 32.1. The molecule has 3 aromatic rings. The number of esters is 1. The van der Waals surface area contributed by atoms with E-state index in [1.807, 2.05) is 0 Å². The van der Waals surface area contributed by atoms with E-state index in [9.17, 15) is 4.79 Å². The number of benzene rings is 2. The average molecular weight is 414 g/mol. The zero-order valence-electron chi connectivity index (χ0n) is 17.3. The highest BCUT2D eigenvalue weighted by atomic mass is 16.6. The number of nitrogens with zero attached hydrogens (tertiary/aromatic N) is 2. The van der Waals surface area contributed by atoms with Gasteiger partial charge in [0.05, 0.1) is 28.4 Å². The van der Waals surface area contributed by atoms with Gasteiger partial charge in [0.2, 0.25) is 11.6 Å². The number of methoxy groups -OCH3 is 4. The summed E-state index contributed by atoms with van der Waals surface area (Å²) in [6, 6.07) is 10.3. The van der Waals surface area contributed by atoms with Crippen molar-refractivity contribution in [3.63, 3.8) is 0 Å². The number of rotatable bonds is 8. The Bertz CT molecular complexity index is 1010. The average Bonchev–Trinajstić information content (AvgIpc) is 3.28. The van der Waals surface area contributed by atoms with E-state index in [1.54, 1.807) is 44.4 Å². The summed E-state index contributed by atoms with van der Waals surface area (Å²) in [6.07, 6.45) is -0.783. The molecule has 30 heavy (non-hydrogen) atoms. The Labute approximate surface area is 173 Å². The van der Waals surface area contributed by atoms with E-state index in [1.165, 1.54) is 27.4 Å². The number of carbonyl (C=O) groups is 1. The molecule has 0 N–H and O–H groups in total. The second-order valence-corrected chi connectivity index (χ2v) is 6.10. The highest BCUT2D eigenvalue weighted by Gasteiger charge is 2.25. The first kappa shape index (κ1) is 21.0. The number of ether oxygens (including phenoxy) is 5. The van der Waals surface area contributed by atoms with E-state index < -0.39 is 12.1 Å². The third kappa shape index (κ3) is 4.14. The smallest absolute Gasteiger partial charge is 0.342 e. The molecule has 0 radical (unpaired) electrons. The minimum atomic E-state index is -0.783. The second kappa shape index (κ2) is 9.17. The Morgan fingerprint density at radius 3 is 2.17 bits per heavy atom. The molecule has 158 valence electrons. The Balaban J connectivity index is 1.78. The van der Waals surface area contributed by atoms with Crippen molar-refractivity contribution < 1.29 is 32.9 Å². The zero-order valence-corrected chi connectivity index (χ0v) is 17.3. The zero-order chi connectivity index (χ0) is 21.7. The quantitative estimate of drug-likeness (QED) is 0.511. The van der Waals surface area contributed by atoms with Gasteiger partial charge in [-0.1, -0.05) is 0 Å². The van der Waals surface area contributed by atoms with Crippen molar-refractivity contribution in [1.29, 1.82) is 0 Å². The van der Waals surface area contributed by atoms with Crippen LogP contribution in [0.5, 0.6) is 23.0 Å². The van der Waals surface area contributed by atoms with Gasteiger partial charge in [-0.15, -0.1) is 10.2 Å². The molecular weight excluding hydrogens is 392 g/mol. The van der Waals surface area contributed by atoms with Crippen LogP contribution in [0.3, 0.4) is 0 Å². The molecule has 0 amide bonds. The lowest BCUT2D eigenvalue weighted by Gasteiger charge is -2.16. The summed E-state index contributed by atoms with van der Waals surface area (Å²) in [5.41, 5.74) is 0.895. The maximum absolute atomic E-state index is 12.7. The third-order valence-corrected chi connectivity index (χ3v) is 4.33. The molecule has 0 fully saturated rings. The Morgan fingerprint density at radius 2 is 1.57 bits per heavy atom. The Kier molecular flexibility index (Phi) is 6.41. The van der Waals surface area contributed by atoms with E-state index in [2.05, 4.69) is 10.2 Å². The summed E-state index contributed by atoms with van der Waals surface area (Å²) in [5, 5.41) is 8.00. The van der Waals surface area contributed by atoms with Crippen LogP contribution in [0.4, 0.5) is 0 Å². The molecule has 1 atom stereocenters. The van der Waals surface area contributed by atoms with E-state index in [0.717, 1.165) is 5.56 Å².